The van der Waals surface area contributed by atoms with E-state index in [1.54, 1.807) is 64.9 Å². The van der Waals surface area contributed by atoms with E-state index in [4.69, 9.17) is 4.74 Å². The molecule has 4 rings (SSSR count). The molecule has 7 heteroatoms. The Hall–Kier alpha value is -3.58. The number of hydrogen-bond donors (Lipinski definition) is 1. The summed E-state index contributed by atoms with van der Waals surface area (Å²) in [6, 6.07) is 21.7. The first-order valence-electron chi connectivity index (χ1n) is 9.66. The Morgan fingerprint density at radius 3 is 2.06 bits per heavy atom. The van der Waals surface area contributed by atoms with Crippen LogP contribution in [-0.2, 0) is 20.9 Å². The van der Waals surface area contributed by atoms with Crippen molar-refractivity contribution in [2.75, 3.05) is 18.2 Å². The number of amides is 1. The minimum Gasteiger partial charge on any atom is -0.454 e. The molecule has 0 aliphatic heterocycles. The third kappa shape index (κ3) is 4.46. The third-order valence-electron chi connectivity index (χ3n) is 4.90. The van der Waals surface area contributed by atoms with E-state index in [-0.39, 0.29) is 18.6 Å². The molecule has 0 saturated heterocycles. The number of nitrogens with one attached hydrogen (secondary N) is 1. The molecule has 156 valence electrons. The van der Waals surface area contributed by atoms with Gasteiger partial charge in [0.2, 0.25) is 0 Å². The molecule has 3 aromatic carbocycles. The number of hydrogen-bond acceptors (Lipinski definition) is 5. The molecule has 0 aliphatic carbocycles. The number of carbonyl (C=O) groups excluding carboxylic acids is 2. The van der Waals surface area contributed by atoms with Crippen molar-refractivity contribution in [3.05, 3.63) is 83.0 Å². The summed E-state index contributed by atoms with van der Waals surface area (Å²) in [5.74, 6) is -0.980. The topological polar surface area (TPSA) is 77.4 Å². The highest BCUT2D eigenvalue weighted by molar-refractivity contribution is 7.98. The van der Waals surface area contributed by atoms with E-state index >= 15 is 0 Å². The van der Waals surface area contributed by atoms with Crippen LogP contribution in [0.15, 0.2) is 82.5 Å². The number of benzene rings is 3. The van der Waals surface area contributed by atoms with Crippen molar-refractivity contribution in [3.8, 4) is 0 Å². The number of esters is 1. The van der Waals surface area contributed by atoms with Crippen molar-refractivity contribution < 1.29 is 14.3 Å². The standard InChI is InChI=1S/C24H20N2O4S/c1-31-17-12-10-16(11-13-17)25-22(27)15-30-23(28)14-26-20-8-4-2-6-18(20)24(29)19-7-3-5-9-21(19)26/h2-13H,14-15H2,1H3,(H,25,27). The zero-order valence-corrected chi connectivity index (χ0v) is 17.6. The van der Waals surface area contributed by atoms with Crippen molar-refractivity contribution in [2.45, 2.75) is 11.4 Å². The van der Waals surface area contributed by atoms with Crippen molar-refractivity contribution in [2.24, 2.45) is 0 Å². The molecule has 0 saturated carbocycles. The van der Waals surface area contributed by atoms with E-state index < -0.39 is 11.9 Å². The first-order chi connectivity index (χ1) is 15.1. The van der Waals surface area contributed by atoms with E-state index in [2.05, 4.69) is 5.32 Å². The molecule has 0 spiro atoms. The van der Waals surface area contributed by atoms with Gasteiger partial charge in [-0.25, -0.2) is 0 Å². The van der Waals surface area contributed by atoms with Gasteiger partial charge in [0.15, 0.2) is 12.0 Å². The van der Waals surface area contributed by atoms with E-state index in [0.717, 1.165) is 4.90 Å². The summed E-state index contributed by atoms with van der Waals surface area (Å²) in [6.45, 7) is -0.504. The van der Waals surface area contributed by atoms with Gasteiger partial charge in [-0.1, -0.05) is 24.3 Å². The Kier molecular flexibility index (Phi) is 6.04. The molecule has 1 heterocycles. The number of carbonyl (C=O) groups is 2. The second kappa shape index (κ2) is 9.06. The average molecular weight is 433 g/mol. The average Bonchev–Trinajstić information content (AvgIpc) is 2.81. The van der Waals surface area contributed by atoms with Gasteiger partial charge in [0.1, 0.15) is 6.54 Å². The summed E-state index contributed by atoms with van der Waals surface area (Å²) in [7, 11) is 0. The first-order valence-corrected chi connectivity index (χ1v) is 10.9. The molecule has 4 aromatic rings. The van der Waals surface area contributed by atoms with Crippen molar-refractivity contribution in [1.82, 2.24) is 4.57 Å². The van der Waals surface area contributed by atoms with Crippen LogP contribution in [0.4, 0.5) is 5.69 Å². The summed E-state index contributed by atoms with van der Waals surface area (Å²) in [5.41, 5.74) is 1.84. The second-order valence-corrected chi connectivity index (χ2v) is 7.77. The number of anilines is 1. The van der Waals surface area contributed by atoms with Gasteiger partial charge in [-0.05, 0) is 54.8 Å². The van der Waals surface area contributed by atoms with Crippen LogP contribution in [0.1, 0.15) is 0 Å². The molecular weight excluding hydrogens is 412 g/mol. The first kappa shape index (κ1) is 20.7. The summed E-state index contributed by atoms with van der Waals surface area (Å²) in [6.07, 6.45) is 1.97. The highest BCUT2D eigenvalue weighted by atomic mass is 32.2. The Bertz CT molecular complexity index is 1270. The van der Waals surface area contributed by atoms with Crippen molar-refractivity contribution in [3.63, 3.8) is 0 Å². The van der Waals surface area contributed by atoms with Gasteiger partial charge in [-0.2, -0.15) is 0 Å². The van der Waals surface area contributed by atoms with Crippen LogP contribution in [0.3, 0.4) is 0 Å². The smallest absolute Gasteiger partial charge is 0.326 e. The maximum absolute atomic E-state index is 12.8. The summed E-state index contributed by atoms with van der Waals surface area (Å²) >= 11 is 1.61. The Balaban J connectivity index is 1.50. The Labute approximate surface area is 182 Å². The van der Waals surface area contributed by atoms with Crippen LogP contribution >= 0.6 is 11.8 Å². The van der Waals surface area contributed by atoms with Gasteiger partial charge >= 0.3 is 5.97 Å². The van der Waals surface area contributed by atoms with E-state index in [0.29, 0.717) is 27.5 Å². The highest BCUT2D eigenvalue weighted by Crippen LogP contribution is 2.19. The number of pyridine rings is 1. The molecule has 1 amide bonds. The second-order valence-electron chi connectivity index (χ2n) is 6.89. The highest BCUT2D eigenvalue weighted by Gasteiger charge is 2.14. The van der Waals surface area contributed by atoms with Crippen LogP contribution in [0.2, 0.25) is 0 Å². The van der Waals surface area contributed by atoms with E-state index in [1.165, 1.54) is 0 Å². The third-order valence-corrected chi connectivity index (χ3v) is 5.65. The van der Waals surface area contributed by atoms with Crippen LogP contribution in [0, 0.1) is 0 Å². The normalized spacial score (nSPS) is 10.9. The van der Waals surface area contributed by atoms with E-state index in [1.807, 2.05) is 30.5 Å². The summed E-state index contributed by atoms with van der Waals surface area (Å²) in [4.78, 5) is 38.5. The summed E-state index contributed by atoms with van der Waals surface area (Å²) in [5, 5.41) is 3.76. The molecule has 0 unspecified atom stereocenters. The minimum absolute atomic E-state index is 0.0808. The lowest BCUT2D eigenvalue weighted by Gasteiger charge is -2.14. The van der Waals surface area contributed by atoms with Gasteiger partial charge in [0.05, 0.1) is 11.0 Å². The van der Waals surface area contributed by atoms with Gasteiger partial charge in [-0.15, -0.1) is 11.8 Å². The maximum atomic E-state index is 12.8. The number of aromatic nitrogens is 1. The Morgan fingerprint density at radius 2 is 1.48 bits per heavy atom. The molecule has 6 nitrogen and oxygen atoms in total. The van der Waals surface area contributed by atoms with Gasteiger partial charge in [0.25, 0.3) is 5.91 Å². The quantitative estimate of drug-likeness (QED) is 0.282. The zero-order valence-electron chi connectivity index (χ0n) is 16.8. The minimum atomic E-state index is -0.563. The number of thioether (sulfide) groups is 1. The molecule has 0 bridgehead atoms. The lowest BCUT2D eigenvalue weighted by Crippen LogP contribution is -2.24. The monoisotopic (exact) mass is 432 g/mol. The molecule has 0 atom stereocenters. The fourth-order valence-corrected chi connectivity index (χ4v) is 3.85. The Morgan fingerprint density at radius 1 is 0.903 bits per heavy atom. The lowest BCUT2D eigenvalue weighted by molar-refractivity contribution is -0.147. The number of fused-ring (bicyclic) bond motifs is 2. The van der Waals surface area contributed by atoms with Crippen LogP contribution < -0.4 is 10.7 Å². The zero-order chi connectivity index (χ0) is 21.8. The molecule has 1 aromatic heterocycles. The van der Waals surface area contributed by atoms with Crippen molar-refractivity contribution >= 4 is 51.1 Å². The van der Waals surface area contributed by atoms with Gasteiger partial charge in [-0.3, -0.25) is 14.4 Å². The van der Waals surface area contributed by atoms with Gasteiger partial charge < -0.3 is 14.6 Å². The number of ether oxygens (including phenoxy) is 1. The number of rotatable bonds is 6. The fourth-order valence-electron chi connectivity index (χ4n) is 3.44. The van der Waals surface area contributed by atoms with Gasteiger partial charge in [0, 0.05) is 21.4 Å². The largest absolute Gasteiger partial charge is 0.454 e. The molecule has 31 heavy (non-hydrogen) atoms. The number of para-hydroxylation sites is 2. The maximum Gasteiger partial charge on any atom is 0.326 e. The molecule has 1 N–H and O–H groups in total. The van der Waals surface area contributed by atoms with Crippen molar-refractivity contribution in [1.29, 1.82) is 0 Å². The molecule has 0 aliphatic rings. The van der Waals surface area contributed by atoms with Crippen LogP contribution in [-0.4, -0.2) is 29.3 Å². The molecule has 0 fully saturated rings. The fraction of sp³-hybridized carbons (Fsp3) is 0.125. The SMILES string of the molecule is CSc1ccc(NC(=O)COC(=O)Cn2c3ccccc3c(=O)c3ccccc32)cc1. The summed E-state index contributed by atoms with van der Waals surface area (Å²) < 4.78 is 6.94. The predicted molar refractivity (Wildman–Crippen MR) is 124 cm³/mol. The van der Waals surface area contributed by atoms with Crippen LogP contribution in [0.25, 0.3) is 21.8 Å². The van der Waals surface area contributed by atoms with Crippen LogP contribution in [0.5, 0.6) is 0 Å². The molecular formula is C24H20N2O4S. The molecule has 0 radical (unpaired) electrons. The lowest BCUT2D eigenvalue weighted by atomic mass is 10.1. The predicted octanol–water partition coefficient (Wildman–Crippen LogP) is 4.06. The number of nitrogens with zero attached hydrogens (tertiary/aromatic N) is 1. The van der Waals surface area contributed by atoms with E-state index in [9.17, 15) is 14.4 Å².